The lowest BCUT2D eigenvalue weighted by Gasteiger charge is -2.14. The summed E-state index contributed by atoms with van der Waals surface area (Å²) in [4.78, 5) is 11.5. The molecule has 0 aliphatic carbocycles. The molecule has 0 aromatic rings. The Morgan fingerprint density at radius 2 is 1.79 bits per heavy atom. The van der Waals surface area contributed by atoms with Crippen LogP contribution in [0, 0.1) is 11.8 Å². The molecule has 0 N–H and O–H groups in total. The molecule has 0 aromatic heterocycles. The van der Waals surface area contributed by atoms with Gasteiger partial charge in [0.05, 0.1) is 0 Å². The van der Waals surface area contributed by atoms with Gasteiger partial charge in [-0.2, -0.15) is 0 Å². The van der Waals surface area contributed by atoms with Crippen LogP contribution in [0.15, 0.2) is 0 Å². The van der Waals surface area contributed by atoms with E-state index in [0.717, 1.165) is 12.8 Å². The highest BCUT2D eigenvalue weighted by molar-refractivity contribution is 5.80. The third-order valence-electron chi connectivity index (χ3n) is 2.93. The summed E-state index contributed by atoms with van der Waals surface area (Å²) >= 11 is 0. The Morgan fingerprint density at radius 1 is 1.14 bits per heavy atom. The first kappa shape index (κ1) is 13.7. The maximum absolute atomic E-state index is 11.5. The van der Waals surface area contributed by atoms with Crippen LogP contribution in [0.5, 0.6) is 0 Å². The van der Waals surface area contributed by atoms with Crippen LogP contribution in [0.2, 0.25) is 0 Å². The van der Waals surface area contributed by atoms with Gasteiger partial charge in [0.1, 0.15) is 5.78 Å². The third kappa shape index (κ3) is 6.17. The van der Waals surface area contributed by atoms with E-state index in [9.17, 15) is 4.79 Å². The average molecular weight is 198 g/mol. The van der Waals surface area contributed by atoms with E-state index >= 15 is 0 Å². The number of carbonyl (C=O) groups is 1. The van der Waals surface area contributed by atoms with Crippen molar-refractivity contribution >= 4 is 5.78 Å². The van der Waals surface area contributed by atoms with E-state index in [-0.39, 0.29) is 5.92 Å². The lowest BCUT2D eigenvalue weighted by molar-refractivity contribution is -0.122. The van der Waals surface area contributed by atoms with E-state index in [4.69, 9.17) is 0 Å². The monoisotopic (exact) mass is 198 g/mol. The van der Waals surface area contributed by atoms with E-state index in [0.29, 0.717) is 11.7 Å². The number of rotatable bonds is 8. The minimum absolute atomic E-state index is 0.218. The molecule has 1 nitrogen and oxygen atoms in total. The molecule has 1 heteroatoms. The van der Waals surface area contributed by atoms with Gasteiger partial charge in [-0.1, -0.05) is 59.8 Å². The number of Topliss-reactive ketones (excluding diaryl/α,β-unsaturated/α-hetero) is 1. The number of hydrogen-bond acceptors (Lipinski definition) is 1. The highest BCUT2D eigenvalue weighted by Crippen LogP contribution is 2.19. The van der Waals surface area contributed by atoms with Crippen molar-refractivity contribution in [1.82, 2.24) is 0 Å². The Bertz CT molecular complexity index is 149. The lowest BCUT2D eigenvalue weighted by Crippen LogP contribution is -2.13. The molecule has 0 rings (SSSR count). The van der Waals surface area contributed by atoms with E-state index in [2.05, 4.69) is 13.8 Å². The number of ketones is 1. The molecular formula is C13H26O. The van der Waals surface area contributed by atoms with Gasteiger partial charge in [0.2, 0.25) is 0 Å². The van der Waals surface area contributed by atoms with Gasteiger partial charge in [-0.15, -0.1) is 0 Å². The van der Waals surface area contributed by atoms with Crippen LogP contribution in [0.25, 0.3) is 0 Å². The molecule has 0 unspecified atom stereocenters. The fourth-order valence-corrected chi connectivity index (χ4v) is 1.65. The highest BCUT2D eigenvalue weighted by Gasteiger charge is 2.14. The largest absolute Gasteiger partial charge is 0.299 e. The van der Waals surface area contributed by atoms with Gasteiger partial charge in [-0.3, -0.25) is 4.79 Å². The predicted octanol–water partition coefficient (Wildman–Crippen LogP) is 4.21. The summed E-state index contributed by atoms with van der Waals surface area (Å²) in [6.07, 6.45) is 7.07. The van der Waals surface area contributed by atoms with Crippen LogP contribution in [0.4, 0.5) is 0 Å². The predicted molar refractivity (Wildman–Crippen MR) is 62.4 cm³/mol. The van der Waals surface area contributed by atoms with Gasteiger partial charge in [-0.05, 0) is 5.92 Å². The molecule has 0 saturated carbocycles. The second-order valence-electron chi connectivity index (χ2n) is 4.60. The van der Waals surface area contributed by atoms with Gasteiger partial charge in [0.25, 0.3) is 0 Å². The zero-order valence-electron chi connectivity index (χ0n) is 10.3. The lowest BCUT2D eigenvalue weighted by atomic mass is 9.90. The van der Waals surface area contributed by atoms with Crippen molar-refractivity contribution in [2.75, 3.05) is 0 Å². The molecule has 0 aromatic carbocycles. The number of carbonyl (C=O) groups excluding carboxylic acids is 1. The Kier molecular flexibility index (Phi) is 7.83. The fraction of sp³-hybridized carbons (Fsp3) is 0.923. The average Bonchev–Trinajstić information content (AvgIpc) is 2.16. The standard InChI is InChI=1S/C13H26O/c1-5-7-8-9-12(6-2)10-13(14)11(3)4/h11-12H,5-10H2,1-4H3/t12-/m1/s1. The van der Waals surface area contributed by atoms with E-state index in [1.54, 1.807) is 0 Å². The summed E-state index contributed by atoms with van der Waals surface area (Å²) < 4.78 is 0. The molecule has 0 heterocycles. The summed E-state index contributed by atoms with van der Waals surface area (Å²) in [5, 5.41) is 0. The van der Waals surface area contributed by atoms with Gasteiger partial charge in [0.15, 0.2) is 0 Å². The Hall–Kier alpha value is -0.330. The van der Waals surface area contributed by atoms with E-state index in [1.165, 1.54) is 25.7 Å². The first-order chi connectivity index (χ1) is 6.61. The fourth-order valence-electron chi connectivity index (χ4n) is 1.65. The molecule has 0 aliphatic rings. The van der Waals surface area contributed by atoms with E-state index in [1.807, 2.05) is 13.8 Å². The normalized spacial score (nSPS) is 13.2. The van der Waals surface area contributed by atoms with Crippen LogP contribution in [0.3, 0.4) is 0 Å². The number of unbranched alkanes of at least 4 members (excludes halogenated alkanes) is 2. The molecule has 0 saturated heterocycles. The molecule has 14 heavy (non-hydrogen) atoms. The molecule has 0 aliphatic heterocycles. The topological polar surface area (TPSA) is 17.1 Å². The summed E-state index contributed by atoms with van der Waals surface area (Å²) in [6.45, 7) is 8.42. The minimum Gasteiger partial charge on any atom is -0.299 e. The zero-order valence-corrected chi connectivity index (χ0v) is 10.3. The molecule has 84 valence electrons. The molecule has 0 spiro atoms. The van der Waals surface area contributed by atoms with Crippen molar-refractivity contribution in [2.24, 2.45) is 11.8 Å². The maximum atomic E-state index is 11.5. The minimum atomic E-state index is 0.218. The first-order valence-electron chi connectivity index (χ1n) is 6.14. The van der Waals surface area contributed by atoms with Crippen LogP contribution in [0.1, 0.15) is 66.2 Å². The first-order valence-corrected chi connectivity index (χ1v) is 6.14. The SMILES string of the molecule is CCCCC[C@@H](CC)CC(=O)C(C)C. The zero-order chi connectivity index (χ0) is 11.0. The van der Waals surface area contributed by atoms with Gasteiger partial charge < -0.3 is 0 Å². The highest BCUT2D eigenvalue weighted by atomic mass is 16.1. The van der Waals surface area contributed by atoms with E-state index < -0.39 is 0 Å². The van der Waals surface area contributed by atoms with Crippen LogP contribution in [-0.4, -0.2) is 5.78 Å². The van der Waals surface area contributed by atoms with Crippen LogP contribution >= 0.6 is 0 Å². The molecule has 0 fully saturated rings. The molecular weight excluding hydrogens is 172 g/mol. The van der Waals surface area contributed by atoms with Crippen molar-refractivity contribution in [1.29, 1.82) is 0 Å². The second kappa shape index (κ2) is 8.02. The summed E-state index contributed by atoms with van der Waals surface area (Å²) in [5.74, 6) is 1.29. The van der Waals surface area contributed by atoms with Crippen LogP contribution < -0.4 is 0 Å². The van der Waals surface area contributed by atoms with Crippen LogP contribution in [-0.2, 0) is 4.79 Å². The van der Waals surface area contributed by atoms with Crippen molar-refractivity contribution in [3.8, 4) is 0 Å². The Labute approximate surface area is 89.3 Å². The van der Waals surface area contributed by atoms with Crippen molar-refractivity contribution < 1.29 is 4.79 Å². The summed E-state index contributed by atoms with van der Waals surface area (Å²) in [6, 6.07) is 0. The van der Waals surface area contributed by atoms with Crippen molar-refractivity contribution in [3.05, 3.63) is 0 Å². The van der Waals surface area contributed by atoms with Gasteiger partial charge >= 0.3 is 0 Å². The smallest absolute Gasteiger partial charge is 0.135 e. The summed E-state index contributed by atoms with van der Waals surface area (Å²) in [7, 11) is 0. The third-order valence-corrected chi connectivity index (χ3v) is 2.93. The van der Waals surface area contributed by atoms with Gasteiger partial charge in [-0.25, -0.2) is 0 Å². The molecule has 0 radical (unpaired) electrons. The number of hydrogen-bond donors (Lipinski definition) is 0. The molecule has 1 atom stereocenters. The van der Waals surface area contributed by atoms with Crippen molar-refractivity contribution in [2.45, 2.75) is 66.2 Å². The molecule has 0 amide bonds. The second-order valence-corrected chi connectivity index (χ2v) is 4.60. The van der Waals surface area contributed by atoms with Gasteiger partial charge in [0, 0.05) is 12.3 Å². The summed E-state index contributed by atoms with van der Waals surface area (Å²) in [5.41, 5.74) is 0. The Balaban J connectivity index is 3.73. The maximum Gasteiger partial charge on any atom is 0.135 e. The Morgan fingerprint density at radius 3 is 2.21 bits per heavy atom. The quantitative estimate of drug-likeness (QED) is 0.534. The van der Waals surface area contributed by atoms with Crippen molar-refractivity contribution in [3.63, 3.8) is 0 Å². The molecule has 0 bridgehead atoms.